The van der Waals surface area contributed by atoms with Gasteiger partial charge in [-0.15, -0.1) is 24.0 Å². The molecule has 1 spiro atoms. The number of ether oxygens (including phenoxy) is 1. The van der Waals surface area contributed by atoms with Crippen LogP contribution < -0.4 is 5.32 Å². The molecule has 2 aromatic rings. The number of rotatable bonds is 3. The molecular weight excluding hydrogens is 455 g/mol. The minimum Gasteiger partial charge on any atom is -0.439 e. The van der Waals surface area contributed by atoms with Crippen molar-refractivity contribution in [1.29, 1.82) is 0 Å². The van der Waals surface area contributed by atoms with Crippen LogP contribution in [0.3, 0.4) is 0 Å². The Labute approximate surface area is 177 Å². The van der Waals surface area contributed by atoms with E-state index in [1.165, 1.54) is 12.0 Å². The molecule has 27 heavy (non-hydrogen) atoms. The number of nitrogens with one attached hydrogen (secondary N) is 1. The van der Waals surface area contributed by atoms with Crippen LogP contribution in [0.4, 0.5) is 0 Å². The Kier molecular flexibility index (Phi) is 6.41. The van der Waals surface area contributed by atoms with Gasteiger partial charge in [-0.1, -0.05) is 29.8 Å². The highest BCUT2D eigenvalue weighted by molar-refractivity contribution is 14.0. The summed E-state index contributed by atoms with van der Waals surface area (Å²) < 4.78 is 11.5. The van der Waals surface area contributed by atoms with E-state index in [0.29, 0.717) is 17.9 Å². The molecule has 7 heteroatoms. The summed E-state index contributed by atoms with van der Waals surface area (Å²) in [7, 11) is 1.83. The van der Waals surface area contributed by atoms with Crippen molar-refractivity contribution in [1.82, 2.24) is 15.2 Å². The number of aryl methyl sites for hydroxylation is 1. The lowest BCUT2D eigenvalue weighted by molar-refractivity contribution is 0.156. The van der Waals surface area contributed by atoms with Gasteiger partial charge < -0.3 is 19.4 Å². The van der Waals surface area contributed by atoms with Crippen molar-refractivity contribution in [3.8, 4) is 11.3 Å². The molecule has 0 bridgehead atoms. The SMILES string of the molecule is CN=C(NCc1ncc(-c2ccc(C)cc2)o1)N1CCC2(CCOC2)C1.I. The van der Waals surface area contributed by atoms with E-state index in [2.05, 4.69) is 51.4 Å². The average Bonchev–Trinajstić information content (AvgIpc) is 3.39. The normalized spacial score (nSPS) is 22.3. The molecule has 1 aromatic heterocycles. The van der Waals surface area contributed by atoms with E-state index in [-0.39, 0.29) is 24.0 Å². The lowest BCUT2D eigenvalue weighted by Gasteiger charge is -2.24. The highest BCUT2D eigenvalue weighted by Crippen LogP contribution is 2.38. The third kappa shape index (κ3) is 4.45. The summed E-state index contributed by atoms with van der Waals surface area (Å²) in [5.41, 5.74) is 2.59. The fourth-order valence-corrected chi connectivity index (χ4v) is 3.82. The molecule has 1 unspecified atom stereocenters. The van der Waals surface area contributed by atoms with Crippen molar-refractivity contribution >= 4 is 29.9 Å². The van der Waals surface area contributed by atoms with Crippen molar-refractivity contribution < 1.29 is 9.15 Å². The monoisotopic (exact) mass is 482 g/mol. The number of guanidine groups is 1. The van der Waals surface area contributed by atoms with E-state index in [1.54, 1.807) is 6.20 Å². The zero-order chi connectivity index (χ0) is 18.0. The number of nitrogens with zero attached hydrogens (tertiary/aromatic N) is 3. The number of hydrogen-bond acceptors (Lipinski definition) is 4. The molecular formula is C20H27IN4O2. The van der Waals surface area contributed by atoms with Crippen LogP contribution in [0.5, 0.6) is 0 Å². The van der Waals surface area contributed by atoms with Gasteiger partial charge in [0.1, 0.15) is 0 Å². The van der Waals surface area contributed by atoms with Crippen LogP contribution in [0, 0.1) is 12.3 Å². The van der Waals surface area contributed by atoms with Crippen LogP contribution in [0.1, 0.15) is 24.3 Å². The first-order valence-electron chi connectivity index (χ1n) is 9.23. The first-order chi connectivity index (χ1) is 12.7. The molecule has 3 heterocycles. The van der Waals surface area contributed by atoms with E-state index in [0.717, 1.165) is 50.0 Å². The van der Waals surface area contributed by atoms with Crippen molar-refractivity contribution in [2.75, 3.05) is 33.4 Å². The molecule has 1 aromatic carbocycles. The van der Waals surface area contributed by atoms with E-state index < -0.39 is 0 Å². The van der Waals surface area contributed by atoms with E-state index in [4.69, 9.17) is 9.15 Å². The second-order valence-electron chi connectivity index (χ2n) is 7.36. The number of aromatic nitrogens is 1. The first kappa shape index (κ1) is 20.1. The van der Waals surface area contributed by atoms with Crippen molar-refractivity contribution in [3.63, 3.8) is 0 Å². The standard InChI is InChI=1S/C20H26N4O2.HI/c1-15-3-5-16(6-4-15)17-11-22-18(26-17)12-23-19(21-2)24-9-7-20(13-24)8-10-25-14-20;/h3-6,11H,7-10,12-14H2,1-2H3,(H,21,23);1H. The zero-order valence-electron chi connectivity index (χ0n) is 15.9. The summed E-state index contributed by atoms with van der Waals surface area (Å²) in [5.74, 6) is 2.36. The molecule has 1 atom stereocenters. The van der Waals surface area contributed by atoms with Gasteiger partial charge in [-0.3, -0.25) is 4.99 Å². The Balaban J connectivity index is 0.00000210. The molecule has 2 aliphatic rings. The molecule has 6 nitrogen and oxygen atoms in total. The van der Waals surface area contributed by atoms with Crippen LogP contribution in [0.2, 0.25) is 0 Å². The molecule has 146 valence electrons. The number of halogens is 1. The highest BCUT2D eigenvalue weighted by atomic mass is 127. The van der Waals surface area contributed by atoms with Crippen LogP contribution in [-0.2, 0) is 11.3 Å². The molecule has 2 saturated heterocycles. The largest absolute Gasteiger partial charge is 0.439 e. The fourth-order valence-electron chi connectivity index (χ4n) is 3.82. The van der Waals surface area contributed by atoms with Gasteiger partial charge in [0.15, 0.2) is 11.7 Å². The first-order valence-corrected chi connectivity index (χ1v) is 9.23. The summed E-state index contributed by atoms with van der Waals surface area (Å²) in [6.07, 6.45) is 4.11. The van der Waals surface area contributed by atoms with Gasteiger partial charge in [-0.25, -0.2) is 4.98 Å². The lowest BCUT2D eigenvalue weighted by atomic mass is 9.87. The molecule has 1 N–H and O–H groups in total. The summed E-state index contributed by atoms with van der Waals surface area (Å²) in [5, 5.41) is 3.39. The summed E-state index contributed by atoms with van der Waals surface area (Å²) in [4.78, 5) is 11.1. The van der Waals surface area contributed by atoms with E-state index in [9.17, 15) is 0 Å². The molecule has 0 aliphatic carbocycles. The summed E-state index contributed by atoms with van der Waals surface area (Å²) in [6.45, 7) is 6.39. The molecule has 4 rings (SSSR count). The van der Waals surface area contributed by atoms with Crippen LogP contribution in [0.25, 0.3) is 11.3 Å². The topological polar surface area (TPSA) is 62.9 Å². The van der Waals surface area contributed by atoms with Gasteiger partial charge in [0.2, 0.25) is 5.89 Å². The van der Waals surface area contributed by atoms with Gasteiger partial charge in [-0.2, -0.15) is 0 Å². The van der Waals surface area contributed by atoms with Crippen molar-refractivity contribution in [3.05, 3.63) is 41.9 Å². The number of aliphatic imine (C=N–C) groups is 1. The average molecular weight is 482 g/mol. The number of likely N-dealkylation sites (tertiary alicyclic amines) is 1. The predicted molar refractivity (Wildman–Crippen MR) is 116 cm³/mol. The number of hydrogen-bond donors (Lipinski definition) is 1. The number of oxazole rings is 1. The van der Waals surface area contributed by atoms with Crippen molar-refractivity contribution in [2.24, 2.45) is 10.4 Å². The molecule has 0 amide bonds. The highest BCUT2D eigenvalue weighted by Gasteiger charge is 2.42. The smallest absolute Gasteiger partial charge is 0.214 e. The quantitative estimate of drug-likeness (QED) is 0.413. The maximum Gasteiger partial charge on any atom is 0.214 e. The van der Waals surface area contributed by atoms with E-state index in [1.807, 2.05) is 7.05 Å². The third-order valence-electron chi connectivity index (χ3n) is 5.42. The summed E-state index contributed by atoms with van der Waals surface area (Å²) in [6, 6.07) is 8.26. The Morgan fingerprint density at radius 2 is 2.11 bits per heavy atom. The molecule has 0 radical (unpaired) electrons. The molecule has 2 aliphatic heterocycles. The van der Waals surface area contributed by atoms with E-state index >= 15 is 0 Å². The Bertz CT molecular complexity index is 782. The Hall–Kier alpha value is -1.61. The van der Waals surface area contributed by atoms with Gasteiger partial charge in [-0.05, 0) is 19.8 Å². The van der Waals surface area contributed by atoms with Gasteiger partial charge in [0.05, 0.1) is 19.3 Å². The second kappa shape index (κ2) is 8.60. The second-order valence-corrected chi connectivity index (χ2v) is 7.36. The van der Waals surface area contributed by atoms with Crippen LogP contribution >= 0.6 is 24.0 Å². The summed E-state index contributed by atoms with van der Waals surface area (Å²) >= 11 is 0. The maximum absolute atomic E-state index is 5.89. The third-order valence-corrected chi connectivity index (χ3v) is 5.42. The van der Waals surface area contributed by atoms with Crippen LogP contribution in [-0.4, -0.2) is 49.2 Å². The zero-order valence-corrected chi connectivity index (χ0v) is 18.2. The predicted octanol–water partition coefficient (Wildman–Crippen LogP) is 3.46. The fraction of sp³-hybridized carbons (Fsp3) is 0.500. The van der Waals surface area contributed by atoms with Gasteiger partial charge in [0, 0.05) is 37.7 Å². The maximum atomic E-state index is 5.89. The minimum atomic E-state index is 0. The number of benzene rings is 1. The lowest BCUT2D eigenvalue weighted by Crippen LogP contribution is -2.41. The van der Waals surface area contributed by atoms with Gasteiger partial charge in [0.25, 0.3) is 0 Å². The molecule has 2 fully saturated rings. The van der Waals surface area contributed by atoms with Gasteiger partial charge >= 0.3 is 0 Å². The molecule has 0 saturated carbocycles. The van der Waals surface area contributed by atoms with Crippen molar-refractivity contribution in [2.45, 2.75) is 26.3 Å². The minimum absolute atomic E-state index is 0. The Morgan fingerprint density at radius 1 is 1.30 bits per heavy atom. The van der Waals surface area contributed by atoms with Crippen LogP contribution in [0.15, 0.2) is 39.9 Å². The Morgan fingerprint density at radius 3 is 2.81 bits per heavy atom.